The van der Waals surface area contributed by atoms with Crippen molar-refractivity contribution >= 4 is 22.7 Å². The highest BCUT2D eigenvalue weighted by molar-refractivity contribution is 7.13. The molecule has 1 aromatic heterocycles. The summed E-state index contributed by atoms with van der Waals surface area (Å²) in [4.78, 5) is 5.22. The molecule has 0 amide bonds. The zero-order chi connectivity index (χ0) is 16.1. The molecule has 1 heterocycles. The number of benzene rings is 1. The van der Waals surface area contributed by atoms with E-state index in [4.69, 9.17) is 16.9 Å². The van der Waals surface area contributed by atoms with E-state index in [9.17, 15) is 0 Å². The van der Waals surface area contributed by atoms with Crippen molar-refractivity contribution in [2.24, 2.45) is 17.4 Å². The van der Waals surface area contributed by atoms with Crippen molar-refractivity contribution in [2.75, 3.05) is 0 Å². The standard InChI is InChI=1S/C17H22N4S/c1-11(2)7-17-21-10-16(22-17)15(20)8-14(19)13-6-4-3-5-12(13)9-18/h3-6,8,10-11,20H,7,9,18-19H2,1-2H3/b14-8-,20-15?. The number of rotatable bonds is 6. The van der Waals surface area contributed by atoms with Crippen LogP contribution in [-0.4, -0.2) is 10.7 Å². The fourth-order valence-electron chi connectivity index (χ4n) is 2.16. The molecule has 0 spiro atoms. The van der Waals surface area contributed by atoms with Crippen molar-refractivity contribution in [3.63, 3.8) is 0 Å². The second kappa shape index (κ2) is 7.33. The predicted octanol–water partition coefficient (Wildman–Crippen LogP) is 3.17. The lowest BCUT2D eigenvalue weighted by Gasteiger charge is -2.07. The molecular formula is C17H22N4S. The molecule has 0 aliphatic carbocycles. The summed E-state index contributed by atoms with van der Waals surface area (Å²) < 4.78 is 0. The number of nitrogens with two attached hydrogens (primary N) is 2. The molecule has 0 saturated heterocycles. The van der Waals surface area contributed by atoms with Crippen LogP contribution in [0.15, 0.2) is 36.5 Å². The van der Waals surface area contributed by atoms with Gasteiger partial charge in [0.2, 0.25) is 0 Å². The first-order chi connectivity index (χ1) is 10.5. The smallest absolute Gasteiger partial charge is 0.0934 e. The molecule has 116 valence electrons. The Balaban J connectivity index is 2.20. The van der Waals surface area contributed by atoms with Crippen molar-refractivity contribution in [3.05, 3.63) is 57.6 Å². The Labute approximate surface area is 135 Å². The predicted molar refractivity (Wildman–Crippen MR) is 94.0 cm³/mol. The van der Waals surface area contributed by atoms with Crippen LogP contribution in [0, 0.1) is 11.3 Å². The average Bonchev–Trinajstić information content (AvgIpc) is 2.94. The van der Waals surface area contributed by atoms with Gasteiger partial charge in [0.1, 0.15) is 0 Å². The highest BCUT2D eigenvalue weighted by atomic mass is 32.1. The molecule has 4 nitrogen and oxygen atoms in total. The maximum absolute atomic E-state index is 8.22. The summed E-state index contributed by atoms with van der Waals surface area (Å²) in [7, 11) is 0. The van der Waals surface area contributed by atoms with Gasteiger partial charge in [0.15, 0.2) is 0 Å². The van der Waals surface area contributed by atoms with Gasteiger partial charge in [0.05, 0.1) is 15.6 Å². The van der Waals surface area contributed by atoms with Crippen molar-refractivity contribution in [3.8, 4) is 0 Å². The van der Waals surface area contributed by atoms with Gasteiger partial charge in [-0.15, -0.1) is 11.3 Å². The van der Waals surface area contributed by atoms with Crippen LogP contribution >= 0.6 is 11.3 Å². The molecule has 2 aromatic rings. The van der Waals surface area contributed by atoms with E-state index in [1.54, 1.807) is 23.6 Å². The van der Waals surface area contributed by atoms with Gasteiger partial charge in [-0.2, -0.15) is 0 Å². The quantitative estimate of drug-likeness (QED) is 0.715. The Hall–Kier alpha value is -1.98. The third-order valence-electron chi connectivity index (χ3n) is 3.25. The lowest BCUT2D eigenvalue weighted by atomic mass is 10.0. The van der Waals surface area contributed by atoms with Crippen LogP contribution in [-0.2, 0) is 13.0 Å². The van der Waals surface area contributed by atoms with E-state index in [1.807, 2.05) is 24.3 Å². The molecule has 0 bridgehead atoms. The summed E-state index contributed by atoms with van der Waals surface area (Å²) in [5.41, 5.74) is 14.7. The Kier molecular flexibility index (Phi) is 5.46. The van der Waals surface area contributed by atoms with Gasteiger partial charge < -0.3 is 11.5 Å². The Bertz CT molecular complexity index is 685. The molecule has 0 atom stereocenters. The van der Waals surface area contributed by atoms with Crippen molar-refractivity contribution in [2.45, 2.75) is 26.8 Å². The Morgan fingerprint density at radius 2 is 2.09 bits per heavy atom. The zero-order valence-corrected chi connectivity index (χ0v) is 13.8. The third kappa shape index (κ3) is 4.02. The normalized spacial score (nSPS) is 11.9. The van der Waals surface area contributed by atoms with Crippen LogP contribution in [0.25, 0.3) is 5.70 Å². The fourth-order valence-corrected chi connectivity index (χ4v) is 3.21. The average molecular weight is 314 g/mol. The summed E-state index contributed by atoms with van der Waals surface area (Å²) in [6.07, 6.45) is 4.37. The van der Waals surface area contributed by atoms with E-state index in [-0.39, 0.29) is 0 Å². The van der Waals surface area contributed by atoms with E-state index in [0.717, 1.165) is 27.4 Å². The van der Waals surface area contributed by atoms with E-state index in [1.165, 1.54) is 0 Å². The van der Waals surface area contributed by atoms with Crippen LogP contribution in [0.3, 0.4) is 0 Å². The first kappa shape index (κ1) is 16.4. The minimum Gasteiger partial charge on any atom is -0.398 e. The highest BCUT2D eigenvalue weighted by Crippen LogP contribution is 2.20. The number of aromatic nitrogens is 1. The zero-order valence-electron chi connectivity index (χ0n) is 13.0. The van der Waals surface area contributed by atoms with Crippen molar-refractivity contribution < 1.29 is 0 Å². The largest absolute Gasteiger partial charge is 0.398 e. The number of hydrogen-bond acceptors (Lipinski definition) is 5. The number of nitrogens with one attached hydrogen (secondary N) is 1. The molecule has 0 aliphatic heterocycles. The van der Waals surface area contributed by atoms with Gasteiger partial charge in [-0.25, -0.2) is 4.98 Å². The molecule has 0 radical (unpaired) electrons. The molecule has 1 aromatic carbocycles. The van der Waals surface area contributed by atoms with Crippen LogP contribution in [0.2, 0.25) is 0 Å². The summed E-state index contributed by atoms with van der Waals surface area (Å²) in [5.74, 6) is 0.560. The number of nitrogens with zero attached hydrogens (tertiary/aromatic N) is 1. The van der Waals surface area contributed by atoms with E-state index in [0.29, 0.717) is 23.9 Å². The molecule has 22 heavy (non-hydrogen) atoms. The minimum absolute atomic E-state index is 0.386. The Morgan fingerprint density at radius 3 is 2.77 bits per heavy atom. The molecule has 5 heteroatoms. The van der Waals surface area contributed by atoms with Crippen LogP contribution in [0.1, 0.15) is 34.9 Å². The number of hydrogen-bond donors (Lipinski definition) is 3. The van der Waals surface area contributed by atoms with Gasteiger partial charge >= 0.3 is 0 Å². The summed E-state index contributed by atoms with van der Waals surface area (Å²) in [6, 6.07) is 7.74. The van der Waals surface area contributed by atoms with Gasteiger partial charge in [-0.3, -0.25) is 5.41 Å². The second-order valence-electron chi connectivity index (χ2n) is 5.59. The lowest BCUT2D eigenvalue weighted by Crippen LogP contribution is -2.07. The SMILES string of the molecule is CC(C)Cc1ncc(C(=N)/C=C(\N)c2ccccc2CN)s1. The molecule has 0 unspecified atom stereocenters. The van der Waals surface area contributed by atoms with Crippen LogP contribution < -0.4 is 11.5 Å². The first-order valence-corrected chi connectivity index (χ1v) is 8.12. The van der Waals surface area contributed by atoms with Crippen LogP contribution in [0.4, 0.5) is 0 Å². The first-order valence-electron chi connectivity index (χ1n) is 7.30. The molecule has 2 rings (SSSR count). The Morgan fingerprint density at radius 1 is 1.36 bits per heavy atom. The van der Waals surface area contributed by atoms with Crippen molar-refractivity contribution in [1.82, 2.24) is 4.98 Å². The molecule has 0 fully saturated rings. The molecule has 5 N–H and O–H groups in total. The third-order valence-corrected chi connectivity index (χ3v) is 4.30. The summed E-state index contributed by atoms with van der Waals surface area (Å²) >= 11 is 1.56. The van der Waals surface area contributed by atoms with Gasteiger partial charge in [0.25, 0.3) is 0 Å². The molecule has 0 saturated carbocycles. The van der Waals surface area contributed by atoms with Gasteiger partial charge in [-0.05, 0) is 17.6 Å². The monoisotopic (exact) mass is 314 g/mol. The van der Waals surface area contributed by atoms with Gasteiger partial charge in [-0.1, -0.05) is 38.1 Å². The minimum atomic E-state index is 0.386. The van der Waals surface area contributed by atoms with Crippen molar-refractivity contribution in [1.29, 1.82) is 5.41 Å². The topological polar surface area (TPSA) is 88.8 Å². The second-order valence-corrected chi connectivity index (χ2v) is 6.71. The summed E-state index contributed by atoms with van der Waals surface area (Å²) in [5, 5.41) is 9.27. The maximum atomic E-state index is 8.22. The van der Waals surface area contributed by atoms with E-state index < -0.39 is 0 Å². The fraction of sp³-hybridized carbons (Fsp3) is 0.294. The maximum Gasteiger partial charge on any atom is 0.0934 e. The van der Waals surface area contributed by atoms with E-state index in [2.05, 4.69) is 18.8 Å². The van der Waals surface area contributed by atoms with E-state index >= 15 is 0 Å². The summed E-state index contributed by atoms with van der Waals surface area (Å²) in [6.45, 7) is 4.75. The van der Waals surface area contributed by atoms with Gasteiger partial charge in [0, 0.05) is 30.4 Å². The molecule has 0 aliphatic rings. The number of allylic oxidation sites excluding steroid dienone is 1. The lowest BCUT2D eigenvalue weighted by molar-refractivity contribution is 0.644. The highest BCUT2D eigenvalue weighted by Gasteiger charge is 2.09. The number of thiazole rings is 1. The van der Waals surface area contributed by atoms with Crippen LogP contribution in [0.5, 0.6) is 0 Å². The molecular weight excluding hydrogens is 292 g/mol.